The maximum absolute atomic E-state index is 12.0. The van der Waals surface area contributed by atoms with Crippen molar-refractivity contribution in [2.24, 2.45) is 5.92 Å². The van der Waals surface area contributed by atoms with E-state index in [0.29, 0.717) is 13.0 Å². The van der Waals surface area contributed by atoms with Crippen molar-refractivity contribution in [1.29, 1.82) is 0 Å². The first kappa shape index (κ1) is 11.6. The summed E-state index contributed by atoms with van der Waals surface area (Å²) in [6, 6.07) is 7.64. The molecule has 1 aromatic carbocycles. The molecule has 0 radical (unpaired) electrons. The first-order chi connectivity index (χ1) is 8.15. The molecule has 0 aromatic heterocycles. The fourth-order valence-electron chi connectivity index (χ4n) is 2.22. The standard InChI is InChI=1S/C13H15NO3/c1-2-9-5-3-4-6-11(9)14-8-7-10(12(14)15)13(16)17/h3-6,10H,2,7-8H2,1H3,(H,16,17). The van der Waals surface area contributed by atoms with Crippen molar-refractivity contribution in [3.05, 3.63) is 29.8 Å². The largest absolute Gasteiger partial charge is 0.481 e. The predicted molar refractivity (Wildman–Crippen MR) is 63.9 cm³/mol. The molecule has 1 heterocycles. The normalized spacial score (nSPS) is 19.7. The quantitative estimate of drug-likeness (QED) is 0.808. The number of hydrogen-bond acceptors (Lipinski definition) is 2. The van der Waals surface area contributed by atoms with Gasteiger partial charge in [-0.15, -0.1) is 0 Å². The molecule has 4 heteroatoms. The highest BCUT2D eigenvalue weighted by molar-refractivity contribution is 6.08. The lowest BCUT2D eigenvalue weighted by molar-refractivity contribution is -0.144. The van der Waals surface area contributed by atoms with Gasteiger partial charge in [0, 0.05) is 12.2 Å². The van der Waals surface area contributed by atoms with Gasteiger partial charge in [0.15, 0.2) is 0 Å². The molecule has 1 amide bonds. The summed E-state index contributed by atoms with van der Waals surface area (Å²) in [6.45, 7) is 2.51. The predicted octanol–water partition coefficient (Wildman–Crippen LogP) is 1.69. The van der Waals surface area contributed by atoms with Crippen LogP contribution < -0.4 is 4.90 Å². The Hall–Kier alpha value is -1.84. The second-order valence-electron chi connectivity index (χ2n) is 4.15. The highest BCUT2D eigenvalue weighted by Crippen LogP contribution is 2.28. The van der Waals surface area contributed by atoms with Crippen LogP contribution >= 0.6 is 0 Å². The van der Waals surface area contributed by atoms with Gasteiger partial charge in [-0.25, -0.2) is 0 Å². The molecule has 1 N–H and O–H groups in total. The molecule has 1 aliphatic rings. The van der Waals surface area contributed by atoms with Crippen LogP contribution in [0.2, 0.25) is 0 Å². The second kappa shape index (κ2) is 4.57. The molecule has 1 atom stereocenters. The Bertz CT molecular complexity index is 456. The van der Waals surface area contributed by atoms with Crippen molar-refractivity contribution in [3.8, 4) is 0 Å². The van der Waals surface area contributed by atoms with Gasteiger partial charge in [0.2, 0.25) is 5.91 Å². The van der Waals surface area contributed by atoms with Crippen molar-refractivity contribution in [3.63, 3.8) is 0 Å². The van der Waals surface area contributed by atoms with Crippen LogP contribution in [0, 0.1) is 5.92 Å². The average Bonchev–Trinajstić information content (AvgIpc) is 2.71. The number of nitrogens with zero attached hydrogens (tertiary/aromatic N) is 1. The molecular formula is C13H15NO3. The van der Waals surface area contributed by atoms with Crippen LogP contribution in [-0.4, -0.2) is 23.5 Å². The molecule has 0 bridgehead atoms. The van der Waals surface area contributed by atoms with Crippen LogP contribution in [0.1, 0.15) is 18.9 Å². The summed E-state index contributed by atoms with van der Waals surface area (Å²) in [5.41, 5.74) is 1.93. The minimum atomic E-state index is -1.02. The number of rotatable bonds is 3. The molecule has 90 valence electrons. The highest BCUT2D eigenvalue weighted by Gasteiger charge is 2.37. The molecule has 0 spiro atoms. The van der Waals surface area contributed by atoms with Crippen molar-refractivity contribution in [1.82, 2.24) is 0 Å². The van der Waals surface area contributed by atoms with Crippen LogP contribution in [-0.2, 0) is 16.0 Å². The van der Waals surface area contributed by atoms with Gasteiger partial charge < -0.3 is 10.0 Å². The van der Waals surface area contributed by atoms with Gasteiger partial charge in [0.1, 0.15) is 5.92 Å². The van der Waals surface area contributed by atoms with E-state index >= 15 is 0 Å². The Balaban J connectivity index is 2.30. The average molecular weight is 233 g/mol. The van der Waals surface area contributed by atoms with E-state index in [1.807, 2.05) is 31.2 Å². The number of carbonyl (C=O) groups excluding carboxylic acids is 1. The number of aliphatic carboxylic acids is 1. The van der Waals surface area contributed by atoms with E-state index in [0.717, 1.165) is 17.7 Å². The SMILES string of the molecule is CCc1ccccc1N1CCC(C(=O)O)C1=O. The summed E-state index contributed by atoms with van der Waals surface area (Å²) in [6.07, 6.45) is 1.23. The van der Waals surface area contributed by atoms with E-state index in [9.17, 15) is 9.59 Å². The van der Waals surface area contributed by atoms with E-state index < -0.39 is 11.9 Å². The molecule has 1 aromatic rings. The Morgan fingerprint density at radius 2 is 2.18 bits per heavy atom. The fourth-order valence-corrected chi connectivity index (χ4v) is 2.22. The van der Waals surface area contributed by atoms with Gasteiger partial charge in [-0.3, -0.25) is 9.59 Å². The zero-order chi connectivity index (χ0) is 12.4. The summed E-state index contributed by atoms with van der Waals surface area (Å²) < 4.78 is 0. The zero-order valence-electron chi connectivity index (χ0n) is 9.72. The fraction of sp³-hybridized carbons (Fsp3) is 0.385. The molecule has 17 heavy (non-hydrogen) atoms. The summed E-state index contributed by atoms with van der Waals surface area (Å²) in [5, 5.41) is 8.93. The van der Waals surface area contributed by atoms with Crippen LogP contribution in [0.15, 0.2) is 24.3 Å². The molecule has 0 aliphatic carbocycles. The second-order valence-corrected chi connectivity index (χ2v) is 4.15. The molecule has 1 saturated heterocycles. The van der Waals surface area contributed by atoms with Crippen molar-refractivity contribution in [2.75, 3.05) is 11.4 Å². The van der Waals surface area contributed by atoms with E-state index in [1.54, 1.807) is 4.90 Å². The summed E-state index contributed by atoms with van der Waals surface area (Å²) in [7, 11) is 0. The molecule has 4 nitrogen and oxygen atoms in total. The zero-order valence-corrected chi connectivity index (χ0v) is 9.72. The number of hydrogen-bond donors (Lipinski definition) is 1. The number of anilines is 1. The maximum atomic E-state index is 12.0. The Kier molecular flexibility index (Phi) is 3.13. The van der Waals surface area contributed by atoms with Crippen LogP contribution in [0.25, 0.3) is 0 Å². The molecule has 1 unspecified atom stereocenters. The van der Waals surface area contributed by atoms with Gasteiger partial charge in [0.05, 0.1) is 0 Å². The van der Waals surface area contributed by atoms with Gasteiger partial charge in [-0.05, 0) is 24.5 Å². The first-order valence-corrected chi connectivity index (χ1v) is 5.77. The third-order valence-electron chi connectivity index (χ3n) is 3.17. The lowest BCUT2D eigenvalue weighted by Gasteiger charge is -2.19. The van der Waals surface area contributed by atoms with Crippen molar-refractivity contribution >= 4 is 17.6 Å². The van der Waals surface area contributed by atoms with Crippen LogP contribution in [0.4, 0.5) is 5.69 Å². The Morgan fingerprint density at radius 1 is 1.47 bits per heavy atom. The van der Waals surface area contributed by atoms with Crippen molar-refractivity contribution < 1.29 is 14.7 Å². The molecule has 2 rings (SSSR count). The van der Waals surface area contributed by atoms with E-state index in [2.05, 4.69) is 0 Å². The van der Waals surface area contributed by atoms with Gasteiger partial charge in [-0.2, -0.15) is 0 Å². The number of amides is 1. The van der Waals surface area contributed by atoms with Gasteiger partial charge in [0.25, 0.3) is 0 Å². The minimum absolute atomic E-state index is 0.293. The smallest absolute Gasteiger partial charge is 0.316 e. The monoisotopic (exact) mass is 233 g/mol. The number of carboxylic acids is 1. The Labute approximate surface area is 99.9 Å². The van der Waals surface area contributed by atoms with Crippen molar-refractivity contribution in [2.45, 2.75) is 19.8 Å². The number of carboxylic acid groups (broad SMARTS) is 1. The highest BCUT2D eigenvalue weighted by atomic mass is 16.4. The molecular weight excluding hydrogens is 218 g/mol. The van der Waals surface area contributed by atoms with Crippen LogP contribution in [0.5, 0.6) is 0 Å². The van der Waals surface area contributed by atoms with Gasteiger partial charge in [-0.1, -0.05) is 25.1 Å². The Morgan fingerprint density at radius 3 is 2.76 bits per heavy atom. The molecule has 1 fully saturated rings. The third-order valence-corrected chi connectivity index (χ3v) is 3.17. The maximum Gasteiger partial charge on any atom is 0.316 e. The number of benzene rings is 1. The lowest BCUT2D eigenvalue weighted by atomic mass is 10.1. The van der Waals surface area contributed by atoms with E-state index in [4.69, 9.17) is 5.11 Å². The summed E-state index contributed by atoms with van der Waals surface area (Å²) in [4.78, 5) is 24.5. The van der Waals surface area contributed by atoms with E-state index in [1.165, 1.54) is 0 Å². The topological polar surface area (TPSA) is 57.6 Å². The van der Waals surface area contributed by atoms with E-state index in [-0.39, 0.29) is 5.91 Å². The molecule has 1 aliphatic heterocycles. The minimum Gasteiger partial charge on any atom is -0.481 e. The molecule has 0 saturated carbocycles. The number of para-hydroxylation sites is 1. The number of aryl methyl sites for hydroxylation is 1. The van der Waals surface area contributed by atoms with Gasteiger partial charge >= 0.3 is 5.97 Å². The summed E-state index contributed by atoms with van der Waals surface area (Å²) >= 11 is 0. The first-order valence-electron chi connectivity index (χ1n) is 5.77. The third kappa shape index (κ3) is 2.02. The number of carbonyl (C=O) groups is 2. The lowest BCUT2D eigenvalue weighted by Crippen LogP contribution is -2.30. The van der Waals surface area contributed by atoms with Crippen LogP contribution in [0.3, 0.4) is 0 Å². The summed E-state index contributed by atoms with van der Waals surface area (Å²) in [5.74, 6) is -2.19.